The summed E-state index contributed by atoms with van der Waals surface area (Å²) in [6, 6.07) is 2.91. The van der Waals surface area contributed by atoms with Crippen molar-refractivity contribution in [3.8, 4) is 11.5 Å². The van der Waals surface area contributed by atoms with Crippen LogP contribution in [0.2, 0.25) is 0 Å². The second-order valence-corrected chi connectivity index (χ2v) is 5.92. The molecule has 2 N–H and O–H groups in total. The number of hydrogen-bond acceptors (Lipinski definition) is 8. The van der Waals surface area contributed by atoms with Crippen molar-refractivity contribution < 1.29 is 34.1 Å². The third kappa shape index (κ3) is 5.04. The zero-order valence-electron chi connectivity index (χ0n) is 15.7. The van der Waals surface area contributed by atoms with Crippen LogP contribution in [0.25, 0.3) is 0 Å². The summed E-state index contributed by atoms with van der Waals surface area (Å²) in [6.07, 6.45) is -1.88. The van der Waals surface area contributed by atoms with Gasteiger partial charge in [-0.1, -0.05) is 6.92 Å². The number of aliphatic hydroxyl groups is 2. The van der Waals surface area contributed by atoms with Gasteiger partial charge in [0.25, 0.3) is 0 Å². The van der Waals surface area contributed by atoms with Gasteiger partial charge < -0.3 is 29.2 Å². The molecule has 0 spiro atoms. The molecular formula is C17H27NO8. The van der Waals surface area contributed by atoms with Gasteiger partial charge in [0, 0.05) is 19.8 Å². The highest BCUT2D eigenvalue weighted by atomic mass is 16.6. The predicted molar refractivity (Wildman–Crippen MR) is 93.6 cm³/mol. The molecule has 0 unspecified atom stereocenters. The Kier molecular flexibility index (Phi) is 8.73. The van der Waals surface area contributed by atoms with E-state index >= 15 is 0 Å². The number of methoxy groups -OCH3 is 4. The van der Waals surface area contributed by atoms with Gasteiger partial charge in [-0.2, -0.15) is 0 Å². The van der Waals surface area contributed by atoms with E-state index in [1.807, 2.05) is 6.92 Å². The Morgan fingerprint density at radius 3 is 2.23 bits per heavy atom. The van der Waals surface area contributed by atoms with E-state index in [1.165, 1.54) is 34.5 Å². The molecule has 0 radical (unpaired) electrons. The Balaban J connectivity index is 3.30. The Bertz CT molecular complexity index is 594. The molecule has 1 aromatic carbocycles. The minimum absolute atomic E-state index is 0.0890. The Labute approximate surface area is 152 Å². The standard InChI is InChI=1S/C17H27NO8/c1-10(6-15(24-3)14(20)9-19)16(25-4)12-7-11(23-2)8-13(18(21)22)17(12)26-5/h7-8,10,14-16,19-20H,6,9H2,1-5H3/t10-,14+,15-,16+/m0/s1. The van der Waals surface area contributed by atoms with Gasteiger partial charge in [0.2, 0.25) is 5.75 Å². The van der Waals surface area contributed by atoms with Gasteiger partial charge >= 0.3 is 5.69 Å². The van der Waals surface area contributed by atoms with Gasteiger partial charge in [-0.15, -0.1) is 0 Å². The van der Waals surface area contributed by atoms with E-state index in [0.29, 0.717) is 17.7 Å². The third-order valence-corrected chi connectivity index (χ3v) is 4.31. The number of rotatable bonds is 11. The predicted octanol–water partition coefficient (Wildman–Crippen LogP) is 1.69. The molecule has 1 rings (SSSR count). The summed E-state index contributed by atoms with van der Waals surface area (Å²) in [5.41, 5.74) is 0.233. The van der Waals surface area contributed by atoms with E-state index in [0.717, 1.165) is 0 Å². The fourth-order valence-corrected chi connectivity index (χ4v) is 2.98. The highest BCUT2D eigenvalue weighted by Gasteiger charge is 2.32. The largest absolute Gasteiger partial charge is 0.496 e. The number of aliphatic hydroxyl groups excluding tert-OH is 2. The molecule has 26 heavy (non-hydrogen) atoms. The summed E-state index contributed by atoms with van der Waals surface area (Å²) in [7, 11) is 5.69. The minimum atomic E-state index is -1.04. The second kappa shape index (κ2) is 10.3. The maximum Gasteiger partial charge on any atom is 0.315 e. The van der Waals surface area contributed by atoms with Crippen molar-refractivity contribution >= 4 is 5.69 Å². The highest BCUT2D eigenvalue weighted by molar-refractivity contribution is 5.57. The summed E-state index contributed by atoms with van der Waals surface area (Å²) in [4.78, 5) is 10.8. The van der Waals surface area contributed by atoms with Crippen molar-refractivity contribution in [2.24, 2.45) is 5.92 Å². The molecule has 0 bridgehead atoms. The van der Waals surface area contributed by atoms with Gasteiger partial charge in [-0.3, -0.25) is 10.1 Å². The average molecular weight is 373 g/mol. The Hall–Kier alpha value is -1.94. The smallest absolute Gasteiger partial charge is 0.315 e. The van der Waals surface area contributed by atoms with E-state index < -0.39 is 29.8 Å². The number of benzene rings is 1. The zero-order valence-corrected chi connectivity index (χ0v) is 15.7. The monoisotopic (exact) mass is 373 g/mol. The molecule has 0 fully saturated rings. The average Bonchev–Trinajstić information content (AvgIpc) is 2.64. The van der Waals surface area contributed by atoms with Gasteiger partial charge in [-0.05, 0) is 18.4 Å². The Morgan fingerprint density at radius 2 is 1.81 bits per heavy atom. The van der Waals surface area contributed by atoms with Crippen LogP contribution in [-0.2, 0) is 9.47 Å². The molecular weight excluding hydrogens is 346 g/mol. The van der Waals surface area contributed by atoms with Gasteiger partial charge in [0.1, 0.15) is 11.9 Å². The first-order valence-corrected chi connectivity index (χ1v) is 8.09. The molecule has 0 aliphatic carbocycles. The lowest BCUT2D eigenvalue weighted by atomic mass is 9.89. The molecule has 1 aromatic rings. The molecule has 9 nitrogen and oxygen atoms in total. The van der Waals surface area contributed by atoms with Crippen LogP contribution in [0.15, 0.2) is 12.1 Å². The third-order valence-electron chi connectivity index (χ3n) is 4.31. The van der Waals surface area contributed by atoms with E-state index in [1.54, 1.807) is 6.07 Å². The van der Waals surface area contributed by atoms with Gasteiger partial charge in [-0.25, -0.2) is 0 Å². The minimum Gasteiger partial charge on any atom is -0.496 e. The van der Waals surface area contributed by atoms with Gasteiger partial charge in [0.05, 0.1) is 44.0 Å². The molecule has 0 saturated heterocycles. The van der Waals surface area contributed by atoms with Gasteiger partial charge in [0.15, 0.2) is 0 Å². The first-order valence-electron chi connectivity index (χ1n) is 8.09. The fraction of sp³-hybridized carbons (Fsp3) is 0.647. The summed E-state index contributed by atoms with van der Waals surface area (Å²) in [5.74, 6) is 0.179. The molecule has 0 amide bonds. The van der Waals surface area contributed by atoms with Crippen LogP contribution in [-0.4, -0.2) is 62.4 Å². The van der Waals surface area contributed by atoms with Crippen LogP contribution >= 0.6 is 0 Å². The summed E-state index contributed by atoms with van der Waals surface area (Å²) >= 11 is 0. The van der Waals surface area contributed by atoms with E-state index in [9.17, 15) is 15.2 Å². The van der Waals surface area contributed by atoms with E-state index in [4.69, 9.17) is 24.1 Å². The molecule has 0 saturated carbocycles. The fourth-order valence-electron chi connectivity index (χ4n) is 2.98. The topological polar surface area (TPSA) is 121 Å². The van der Waals surface area contributed by atoms with Crippen LogP contribution in [0.5, 0.6) is 11.5 Å². The van der Waals surface area contributed by atoms with Crippen molar-refractivity contribution in [2.75, 3.05) is 35.0 Å². The van der Waals surface area contributed by atoms with Crippen molar-refractivity contribution in [3.63, 3.8) is 0 Å². The van der Waals surface area contributed by atoms with Crippen molar-refractivity contribution in [2.45, 2.75) is 31.7 Å². The highest BCUT2D eigenvalue weighted by Crippen LogP contribution is 2.42. The zero-order chi connectivity index (χ0) is 19.9. The first kappa shape index (κ1) is 22.1. The quantitative estimate of drug-likeness (QED) is 0.444. The molecule has 0 aromatic heterocycles. The normalized spacial score (nSPS) is 15.8. The van der Waals surface area contributed by atoms with Crippen LogP contribution in [0.3, 0.4) is 0 Å². The van der Waals surface area contributed by atoms with Crippen LogP contribution < -0.4 is 9.47 Å². The molecule has 0 aliphatic heterocycles. The van der Waals surface area contributed by atoms with Crippen LogP contribution in [0, 0.1) is 16.0 Å². The summed E-state index contributed by atoms with van der Waals surface area (Å²) < 4.78 is 21.3. The molecule has 0 aliphatic rings. The van der Waals surface area contributed by atoms with E-state index in [2.05, 4.69) is 0 Å². The van der Waals surface area contributed by atoms with Crippen LogP contribution in [0.4, 0.5) is 5.69 Å². The summed E-state index contributed by atoms with van der Waals surface area (Å²) in [5, 5.41) is 30.4. The molecule has 9 heteroatoms. The lowest BCUT2D eigenvalue weighted by Crippen LogP contribution is -2.34. The number of nitro groups is 1. The SMILES string of the molecule is COc1cc([C@H](OC)[C@@H](C)C[C@H](OC)[C@H](O)CO)c(OC)c([N+](=O)[O-])c1. The maximum absolute atomic E-state index is 11.4. The number of nitro benzene ring substituents is 1. The second-order valence-electron chi connectivity index (χ2n) is 5.92. The number of nitrogens with zero attached hydrogens (tertiary/aromatic N) is 1. The number of hydrogen-bond donors (Lipinski definition) is 2. The molecule has 0 heterocycles. The lowest BCUT2D eigenvalue weighted by Gasteiger charge is -2.29. The van der Waals surface area contributed by atoms with Crippen molar-refractivity contribution in [3.05, 3.63) is 27.8 Å². The lowest BCUT2D eigenvalue weighted by molar-refractivity contribution is -0.385. The Morgan fingerprint density at radius 1 is 1.15 bits per heavy atom. The van der Waals surface area contributed by atoms with Crippen molar-refractivity contribution in [1.82, 2.24) is 0 Å². The summed E-state index contributed by atoms with van der Waals surface area (Å²) in [6.45, 7) is 1.42. The molecule has 4 atom stereocenters. The van der Waals surface area contributed by atoms with Crippen molar-refractivity contribution in [1.29, 1.82) is 0 Å². The molecule has 148 valence electrons. The maximum atomic E-state index is 11.4. The van der Waals surface area contributed by atoms with Crippen LogP contribution in [0.1, 0.15) is 25.0 Å². The number of ether oxygens (including phenoxy) is 4. The van der Waals surface area contributed by atoms with E-state index in [-0.39, 0.29) is 17.4 Å². The first-order chi connectivity index (χ1) is 12.3.